The number of nitriles is 1. The number of ether oxygens (including phenoxy) is 1. The van der Waals surface area contributed by atoms with E-state index in [0.717, 1.165) is 19.2 Å². The van der Waals surface area contributed by atoms with Crippen LogP contribution in [0.15, 0.2) is 12.1 Å². The summed E-state index contributed by atoms with van der Waals surface area (Å²) >= 11 is 0. The second-order valence-corrected chi connectivity index (χ2v) is 3.09. The molecule has 6 nitrogen and oxygen atoms in total. The van der Waals surface area contributed by atoms with Crippen molar-refractivity contribution in [3.8, 4) is 6.07 Å². The Morgan fingerprint density at radius 2 is 2.17 bits per heavy atom. The van der Waals surface area contributed by atoms with Crippen molar-refractivity contribution in [2.45, 2.75) is 6.43 Å². The number of nitro benzene ring substituents is 1. The number of carbonyl (C=O) groups excluding carboxylic acids is 1. The summed E-state index contributed by atoms with van der Waals surface area (Å²) in [4.78, 5) is 21.1. The lowest BCUT2D eigenvalue weighted by Crippen LogP contribution is -2.10. The summed E-state index contributed by atoms with van der Waals surface area (Å²) < 4.78 is 29.5. The van der Waals surface area contributed by atoms with E-state index in [1.54, 1.807) is 0 Å². The zero-order valence-corrected chi connectivity index (χ0v) is 9.02. The molecule has 18 heavy (non-hydrogen) atoms. The number of halogens is 2. The highest BCUT2D eigenvalue weighted by atomic mass is 19.3. The Kier molecular flexibility index (Phi) is 3.89. The molecule has 1 rings (SSSR count). The molecule has 0 saturated carbocycles. The van der Waals surface area contributed by atoms with Crippen molar-refractivity contribution in [2.24, 2.45) is 0 Å². The molecule has 0 atom stereocenters. The van der Waals surface area contributed by atoms with Crippen LogP contribution < -0.4 is 0 Å². The second-order valence-electron chi connectivity index (χ2n) is 3.09. The zero-order valence-electron chi connectivity index (χ0n) is 9.02. The molecule has 0 bridgehead atoms. The van der Waals surface area contributed by atoms with Crippen LogP contribution in [0.3, 0.4) is 0 Å². The van der Waals surface area contributed by atoms with Gasteiger partial charge in [-0.1, -0.05) is 0 Å². The SMILES string of the molecule is COC(=O)c1c([N+](=O)[O-])ccc(C(F)F)c1C#N. The summed E-state index contributed by atoms with van der Waals surface area (Å²) in [5.41, 5.74) is -3.00. The molecule has 0 radical (unpaired) electrons. The van der Waals surface area contributed by atoms with Crippen molar-refractivity contribution < 1.29 is 23.2 Å². The van der Waals surface area contributed by atoms with E-state index in [9.17, 15) is 23.7 Å². The van der Waals surface area contributed by atoms with Crippen molar-refractivity contribution in [3.05, 3.63) is 38.9 Å². The average molecular weight is 256 g/mol. The molecule has 0 saturated heterocycles. The average Bonchev–Trinajstić information content (AvgIpc) is 2.35. The Balaban J connectivity index is 3.68. The number of esters is 1. The maximum Gasteiger partial charge on any atom is 0.346 e. The van der Waals surface area contributed by atoms with Crippen LogP contribution in [0.25, 0.3) is 0 Å². The van der Waals surface area contributed by atoms with E-state index in [0.29, 0.717) is 0 Å². The molecule has 0 N–H and O–H groups in total. The third-order valence-corrected chi connectivity index (χ3v) is 2.15. The van der Waals surface area contributed by atoms with Gasteiger partial charge in [0.1, 0.15) is 6.07 Å². The number of nitro groups is 1. The van der Waals surface area contributed by atoms with Crippen LogP contribution in [0, 0.1) is 21.4 Å². The molecule has 0 fully saturated rings. The van der Waals surface area contributed by atoms with Gasteiger partial charge in [0, 0.05) is 11.6 Å². The number of hydrogen-bond donors (Lipinski definition) is 0. The quantitative estimate of drug-likeness (QED) is 0.469. The Hall–Kier alpha value is -2.56. The molecular weight excluding hydrogens is 250 g/mol. The highest BCUT2D eigenvalue weighted by Crippen LogP contribution is 2.31. The summed E-state index contributed by atoms with van der Waals surface area (Å²) in [6.45, 7) is 0. The Labute approximate surface area is 99.5 Å². The highest BCUT2D eigenvalue weighted by Gasteiger charge is 2.29. The van der Waals surface area contributed by atoms with Gasteiger partial charge >= 0.3 is 5.97 Å². The summed E-state index contributed by atoms with van der Waals surface area (Å²) in [6, 6.07) is 2.86. The van der Waals surface area contributed by atoms with Crippen molar-refractivity contribution in [2.75, 3.05) is 7.11 Å². The number of hydrogen-bond acceptors (Lipinski definition) is 5. The van der Waals surface area contributed by atoms with Gasteiger partial charge in [-0.25, -0.2) is 13.6 Å². The lowest BCUT2D eigenvalue weighted by atomic mass is 10.0. The Morgan fingerprint density at radius 3 is 2.56 bits per heavy atom. The van der Waals surface area contributed by atoms with Gasteiger partial charge < -0.3 is 4.74 Å². The van der Waals surface area contributed by atoms with E-state index < -0.39 is 39.7 Å². The zero-order chi connectivity index (χ0) is 13.9. The molecule has 0 aliphatic rings. The monoisotopic (exact) mass is 256 g/mol. The largest absolute Gasteiger partial charge is 0.465 e. The minimum atomic E-state index is -3.02. The molecule has 0 amide bonds. The molecule has 0 aromatic heterocycles. The molecule has 1 aromatic rings. The molecule has 0 aliphatic carbocycles. The number of alkyl halides is 2. The van der Waals surface area contributed by atoms with Crippen molar-refractivity contribution in [1.82, 2.24) is 0 Å². The number of benzene rings is 1. The van der Waals surface area contributed by atoms with Crippen LogP contribution in [0.1, 0.15) is 27.9 Å². The third-order valence-electron chi connectivity index (χ3n) is 2.15. The Morgan fingerprint density at radius 1 is 1.56 bits per heavy atom. The van der Waals surface area contributed by atoms with E-state index in [-0.39, 0.29) is 0 Å². The fourth-order valence-electron chi connectivity index (χ4n) is 1.37. The second kappa shape index (κ2) is 5.18. The predicted molar refractivity (Wildman–Crippen MR) is 54.1 cm³/mol. The minimum absolute atomic E-state index is 0.744. The fraction of sp³-hybridized carbons (Fsp3) is 0.200. The minimum Gasteiger partial charge on any atom is -0.465 e. The summed E-state index contributed by atoms with van der Waals surface area (Å²) in [5.74, 6) is -1.21. The van der Waals surface area contributed by atoms with Crippen LogP contribution in [0.4, 0.5) is 14.5 Å². The van der Waals surface area contributed by atoms with Gasteiger partial charge in [0.15, 0.2) is 5.56 Å². The molecular formula is C10H6F2N2O4. The molecule has 94 valence electrons. The van der Waals surface area contributed by atoms with Gasteiger partial charge in [0.25, 0.3) is 12.1 Å². The maximum atomic E-state index is 12.6. The highest BCUT2D eigenvalue weighted by molar-refractivity contribution is 5.97. The number of rotatable bonds is 3. The Bertz CT molecular complexity index is 552. The number of nitrogens with zero attached hydrogens (tertiary/aromatic N) is 2. The van der Waals surface area contributed by atoms with Gasteiger partial charge in [0.2, 0.25) is 0 Å². The normalized spacial score (nSPS) is 9.94. The van der Waals surface area contributed by atoms with Crippen LogP contribution >= 0.6 is 0 Å². The fourth-order valence-corrected chi connectivity index (χ4v) is 1.37. The summed E-state index contributed by atoms with van der Waals surface area (Å²) in [7, 11) is 0.933. The molecule has 0 spiro atoms. The van der Waals surface area contributed by atoms with E-state index >= 15 is 0 Å². The standard InChI is InChI=1S/C10H6F2N2O4/c1-18-10(15)8-6(4-13)5(9(11)12)2-3-7(8)14(16)17/h2-3,9H,1H3. The maximum absolute atomic E-state index is 12.6. The van der Waals surface area contributed by atoms with E-state index in [1.165, 1.54) is 6.07 Å². The van der Waals surface area contributed by atoms with E-state index in [2.05, 4.69) is 4.74 Å². The van der Waals surface area contributed by atoms with E-state index in [4.69, 9.17) is 5.26 Å². The van der Waals surface area contributed by atoms with Crippen LogP contribution in [-0.4, -0.2) is 18.0 Å². The molecule has 0 aliphatic heterocycles. The van der Waals surface area contributed by atoms with Crippen molar-refractivity contribution in [1.29, 1.82) is 5.26 Å². The molecule has 1 aromatic carbocycles. The van der Waals surface area contributed by atoms with Crippen molar-refractivity contribution in [3.63, 3.8) is 0 Å². The van der Waals surface area contributed by atoms with Crippen LogP contribution in [-0.2, 0) is 4.74 Å². The van der Waals surface area contributed by atoms with Gasteiger partial charge in [0.05, 0.1) is 17.6 Å². The molecule has 0 unspecified atom stereocenters. The first-order chi connectivity index (χ1) is 8.43. The number of methoxy groups -OCH3 is 1. The number of carbonyl (C=O) groups is 1. The first-order valence-corrected chi connectivity index (χ1v) is 4.51. The van der Waals surface area contributed by atoms with Gasteiger partial charge in [-0.3, -0.25) is 10.1 Å². The van der Waals surface area contributed by atoms with Gasteiger partial charge in [-0.05, 0) is 6.07 Å². The van der Waals surface area contributed by atoms with Gasteiger partial charge in [-0.15, -0.1) is 0 Å². The predicted octanol–water partition coefficient (Wildman–Crippen LogP) is 2.19. The van der Waals surface area contributed by atoms with Crippen molar-refractivity contribution >= 4 is 11.7 Å². The first-order valence-electron chi connectivity index (χ1n) is 4.51. The smallest absolute Gasteiger partial charge is 0.346 e. The lowest BCUT2D eigenvalue weighted by Gasteiger charge is -2.07. The lowest BCUT2D eigenvalue weighted by molar-refractivity contribution is -0.385. The summed E-state index contributed by atoms with van der Waals surface area (Å²) in [5, 5.41) is 19.5. The molecule has 0 heterocycles. The van der Waals surface area contributed by atoms with Crippen LogP contribution in [0.2, 0.25) is 0 Å². The third kappa shape index (κ3) is 2.24. The van der Waals surface area contributed by atoms with Gasteiger partial charge in [-0.2, -0.15) is 5.26 Å². The summed E-state index contributed by atoms with van der Waals surface area (Å²) in [6.07, 6.45) is -3.02. The van der Waals surface area contributed by atoms with Crippen LogP contribution in [0.5, 0.6) is 0 Å². The first kappa shape index (κ1) is 13.5. The molecule has 8 heteroatoms. The van der Waals surface area contributed by atoms with E-state index in [1.807, 2.05) is 0 Å². The topological polar surface area (TPSA) is 93.2 Å².